The number of hydrogen-bond acceptors (Lipinski definition) is 4. The summed E-state index contributed by atoms with van der Waals surface area (Å²) in [6.45, 7) is 9.66. The normalized spacial score (nSPS) is 15.0. The Morgan fingerprint density at radius 2 is 1.67 bits per heavy atom. The van der Waals surface area contributed by atoms with Gasteiger partial charge in [-0.2, -0.15) is 0 Å². The Morgan fingerprint density at radius 1 is 0.939 bits per heavy atom. The van der Waals surface area contributed by atoms with Gasteiger partial charge in [-0.05, 0) is 61.1 Å². The van der Waals surface area contributed by atoms with Gasteiger partial charge >= 0.3 is 0 Å². The molecular weight excluding hydrogens is 406 g/mol. The van der Waals surface area contributed by atoms with Crippen LogP contribution in [0.1, 0.15) is 44.2 Å². The van der Waals surface area contributed by atoms with Crippen LogP contribution in [0.3, 0.4) is 0 Å². The number of benzene rings is 2. The van der Waals surface area contributed by atoms with Gasteiger partial charge in [0.15, 0.2) is 0 Å². The maximum atomic E-state index is 5.98. The Bertz CT molecular complexity index is 936. The third-order valence-electron chi connectivity index (χ3n) is 6.49. The van der Waals surface area contributed by atoms with Crippen LogP contribution in [0.4, 0.5) is 5.69 Å². The zero-order chi connectivity index (χ0) is 22.9. The molecule has 174 valence electrons. The van der Waals surface area contributed by atoms with Gasteiger partial charge in [-0.3, -0.25) is 9.88 Å². The second kappa shape index (κ2) is 11.9. The fourth-order valence-electron chi connectivity index (χ4n) is 4.53. The van der Waals surface area contributed by atoms with E-state index in [0.717, 1.165) is 37.5 Å². The highest BCUT2D eigenvalue weighted by Gasteiger charge is 2.25. The maximum Gasteiger partial charge on any atom is 0.119 e. The summed E-state index contributed by atoms with van der Waals surface area (Å²) in [4.78, 5) is 9.40. The second-order valence-electron chi connectivity index (χ2n) is 9.51. The van der Waals surface area contributed by atoms with E-state index in [2.05, 4.69) is 83.2 Å². The van der Waals surface area contributed by atoms with Crippen molar-refractivity contribution in [1.82, 2.24) is 9.88 Å². The van der Waals surface area contributed by atoms with E-state index in [4.69, 9.17) is 4.74 Å². The quantitative estimate of drug-likeness (QED) is 0.374. The topological polar surface area (TPSA) is 28.6 Å². The molecule has 3 aromatic rings. The third-order valence-corrected chi connectivity index (χ3v) is 6.49. The molecule has 0 atom stereocenters. The number of aromatic nitrogens is 1. The summed E-state index contributed by atoms with van der Waals surface area (Å²) in [5.74, 6) is 1.61. The van der Waals surface area contributed by atoms with Crippen molar-refractivity contribution in [3.63, 3.8) is 0 Å². The predicted molar refractivity (Wildman–Crippen MR) is 137 cm³/mol. The lowest BCUT2D eigenvalue weighted by Crippen LogP contribution is -2.45. The molecule has 0 bridgehead atoms. The van der Waals surface area contributed by atoms with E-state index in [9.17, 15) is 0 Å². The van der Waals surface area contributed by atoms with Crippen LogP contribution in [0.25, 0.3) is 0 Å². The van der Waals surface area contributed by atoms with Crippen molar-refractivity contribution in [3.05, 3.63) is 90.3 Å². The Labute approximate surface area is 199 Å². The van der Waals surface area contributed by atoms with Crippen molar-refractivity contribution in [2.45, 2.75) is 52.3 Å². The van der Waals surface area contributed by atoms with Gasteiger partial charge in [0.05, 0.1) is 0 Å². The molecule has 33 heavy (non-hydrogen) atoms. The first-order chi connectivity index (χ1) is 16.2. The number of hydrogen-bond donors (Lipinski definition) is 0. The Morgan fingerprint density at radius 3 is 2.33 bits per heavy atom. The molecule has 0 amide bonds. The number of piperidine rings is 1. The molecule has 0 N–H and O–H groups in total. The average molecular weight is 444 g/mol. The van der Waals surface area contributed by atoms with Crippen molar-refractivity contribution in [1.29, 1.82) is 0 Å². The Hall–Kier alpha value is -2.85. The van der Waals surface area contributed by atoms with Crippen molar-refractivity contribution in [2.24, 2.45) is 5.92 Å². The molecule has 2 heterocycles. The van der Waals surface area contributed by atoms with Crippen LogP contribution in [0.5, 0.6) is 5.75 Å². The summed E-state index contributed by atoms with van der Waals surface area (Å²) >= 11 is 0. The SMILES string of the molecule is CC(C)CCN(c1ccc(OCc2cccnc2)cc1)C1CCN(Cc2ccccc2)CC1. The Kier molecular flexibility index (Phi) is 8.37. The first-order valence-electron chi connectivity index (χ1n) is 12.3. The lowest BCUT2D eigenvalue weighted by molar-refractivity contribution is 0.200. The van der Waals surface area contributed by atoms with E-state index in [1.54, 1.807) is 6.20 Å². The van der Waals surface area contributed by atoms with Gasteiger partial charge in [-0.15, -0.1) is 0 Å². The van der Waals surface area contributed by atoms with E-state index >= 15 is 0 Å². The van der Waals surface area contributed by atoms with Gasteiger partial charge in [0.25, 0.3) is 0 Å². The minimum Gasteiger partial charge on any atom is -0.489 e. The van der Waals surface area contributed by atoms with Crippen molar-refractivity contribution >= 4 is 5.69 Å². The number of nitrogens with zero attached hydrogens (tertiary/aromatic N) is 3. The summed E-state index contributed by atoms with van der Waals surface area (Å²) in [5.41, 5.74) is 3.81. The molecule has 4 rings (SSSR count). The van der Waals surface area contributed by atoms with Crippen molar-refractivity contribution < 1.29 is 4.74 Å². The van der Waals surface area contributed by atoms with Gasteiger partial charge in [-0.25, -0.2) is 0 Å². The largest absolute Gasteiger partial charge is 0.489 e. The van der Waals surface area contributed by atoms with Crippen LogP contribution in [0, 0.1) is 5.92 Å². The minimum absolute atomic E-state index is 0.546. The lowest BCUT2D eigenvalue weighted by Gasteiger charge is -2.40. The molecule has 1 aliphatic heterocycles. The zero-order valence-corrected chi connectivity index (χ0v) is 20.1. The molecule has 1 aliphatic rings. The van der Waals surface area contributed by atoms with Gasteiger partial charge in [0.2, 0.25) is 0 Å². The molecule has 4 heteroatoms. The van der Waals surface area contributed by atoms with Crippen LogP contribution in [0.15, 0.2) is 79.1 Å². The maximum absolute atomic E-state index is 5.98. The first kappa shape index (κ1) is 23.3. The van der Waals surface area contributed by atoms with Gasteiger partial charge < -0.3 is 9.64 Å². The van der Waals surface area contributed by atoms with E-state index in [0.29, 0.717) is 18.6 Å². The summed E-state index contributed by atoms with van der Waals surface area (Å²) < 4.78 is 5.98. The van der Waals surface area contributed by atoms with Crippen LogP contribution in [0.2, 0.25) is 0 Å². The second-order valence-corrected chi connectivity index (χ2v) is 9.51. The standard InChI is InChI=1S/C29H37N3O/c1-24(2)14-20-32(28-15-18-31(19-16-28)22-25-7-4-3-5-8-25)27-10-12-29(13-11-27)33-23-26-9-6-17-30-21-26/h3-13,17,21,24,28H,14-16,18-20,22-23H2,1-2H3. The molecule has 0 saturated carbocycles. The van der Waals surface area contributed by atoms with Crippen LogP contribution in [-0.4, -0.2) is 35.6 Å². The summed E-state index contributed by atoms with van der Waals surface area (Å²) in [5, 5.41) is 0. The van der Waals surface area contributed by atoms with E-state index < -0.39 is 0 Å². The first-order valence-corrected chi connectivity index (χ1v) is 12.3. The van der Waals surface area contributed by atoms with E-state index in [1.165, 1.54) is 30.5 Å². The highest BCUT2D eigenvalue weighted by atomic mass is 16.5. The molecule has 2 aromatic carbocycles. The zero-order valence-electron chi connectivity index (χ0n) is 20.1. The third kappa shape index (κ3) is 7.06. The van der Waals surface area contributed by atoms with E-state index in [-0.39, 0.29) is 0 Å². The van der Waals surface area contributed by atoms with Crippen LogP contribution < -0.4 is 9.64 Å². The molecule has 1 fully saturated rings. The lowest BCUT2D eigenvalue weighted by atomic mass is 10.00. The molecule has 0 radical (unpaired) electrons. The number of pyridine rings is 1. The number of ether oxygens (including phenoxy) is 1. The highest BCUT2D eigenvalue weighted by molar-refractivity contribution is 5.50. The summed E-state index contributed by atoms with van der Waals surface area (Å²) in [6.07, 6.45) is 7.28. The summed E-state index contributed by atoms with van der Waals surface area (Å²) in [6, 6.07) is 24.1. The smallest absolute Gasteiger partial charge is 0.119 e. The highest BCUT2D eigenvalue weighted by Crippen LogP contribution is 2.27. The van der Waals surface area contributed by atoms with Gasteiger partial charge in [-0.1, -0.05) is 50.2 Å². The van der Waals surface area contributed by atoms with Crippen molar-refractivity contribution in [3.8, 4) is 5.75 Å². The van der Waals surface area contributed by atoms with Gasteiger partial charge in [0, 0.05) is 55.9 Å². The van der Waals surface area contributed by atoms with Crippen molar-refractivity contribution in [2.75, 3.05) is 24.5 Å². The fourth-order valence-corrected chi connectivity index (χ4v) is 4.53. The van der Waals surface area contributed by atoms with Crippen LogP contribution >= 0.6 is 0 Å². The van der Waals surface area contributed by atoms with Crippen LogP contribution in [-0.2, 0) is 13.2 Å². The Balaban J connectivity index is 1.36. The summed E-state index contributed by atoms with van der Waals surface area (Å²) in [7, 11) is 0. The van der Waals surface area contributed by atoms with E-state index in [1.807, 2.05) is 18.3 Å². The average Bonchev–Trinajstić information content (AvgIpc) is 2.86. The fraction of sp³-hybridized carbons (Fsp3) is 0.414. The molecule has 0 spiro atoms. The molecule has 1 saturated heterocycles. The molecule has 0 unspecified atom stereocenters. The number of rotatable bonds is 10. The monoisotopic (exact) mass is 443 g/mol. The van der Waals surface area contributed by atoms with Gasteiger partial charge in [0.1, 0.15) is 12.4 Å². The number of likely N-dealkylation sites (tertiary alicyclic amines) is 1. The molecule has 1 aromatic heterocycles. The molecular formula is C29H37N3O. The minimum atomic E-state index is 0.546. The molecule has 0 aliphatic carbocycles. The predicted octanol–water partition coefficient (Wildman–Crippen LogP) is 6.18. The number of anilines is 1. The molecule has 4 nitrogen and oxygen atoms in total.